The van der Waals surface area contributed by atoms with Gasteiger partial charge < -0.3 is 10.2 Å². The summed E-state index contributed by atoms with van der Waals surface area (Å²) in [4.78, 5) is 19.6. The van der Waals surface area contributed by atoms with Crippen molar-refractivity contribution in [2.24, 2.45) is 0 Å². The van der Waals surface area contributed by atoms with E-state index in [9.17, 15) is 4.79 Å². The lowest BCUT2D eigenvalue weighted by Crippen LogP contribution is -2.13. The Kier molecular flexibility index (Phi) is 3.58. The minimum atomic E-state index is -0.108. The summed E-state index contributed by atoms with van der Waals surface area (Å²) in [6, 6.07) is 11.2. The van der Waals surface area contributed by atoms with E-state index in [0.717, 1.165) is 21.6 Å². The van der Waals surface area contributed by atoms with Crippen LogP contribution in [0.1, 0.15) is 10.4 Å². The highest BCUT2D eigenvalue weighted by Crippen LogP contribution is 2.35. The van der Waals surface area contributed by atoms with Crippen molar-refractivity contribution in [2.45, 2.75) is 0 Å². The Morgan fingerprint density at radius 3 is 2.67 bits per heavy atom. The first-order chi connectivity index (χ1) is 10.2. The standard InChI is InChI=1S/C16H15N3OS/c1-19(2)13-8-9-17-16-14(13)12(10-21-16)18-15(20)11-6-4-3-5-7-11/h3-10H,1-2H3,(H,18,20). The Balaban J connectivity index is 2.00. The molecule has 1 amide bonds. The van der Waals surface area contributed by atoms with Crippen LogP contribution >= 0.6 is 11.3 Å². The molecular weight excluding hydrogens is 282 g/mol. The minimum Gasteiger partial charge on any atom is -0.377 e. The van der Waals surface area contributed by atoms with Gasteiger partial charge in [-0.1, -0.05) is 18.2 Å². The van der Waals surface area contributed by atoms with Gasteiger partial charge in [-0.3, -0.25) is 4.79 Å². The number of hydrogen-bond acceptors (Lipinski definition) is 4. The number of nitrogens with zero attached hydrogens (tertiary/aromatic N) is 2. The van der Waals surface area contributed by atoms with Gasteiger partial charge in [-0.25, -0.2) is 4.98 Å². The summed E-state index contributed by atoms with van der Waals surface area (Å²) < 4.78 is 0. The number of aromatic nitrogens is 1. The second-order valence-corrected chi connectivity index (χ2v) is 5.73. The maximum Gasteiger partial charge on any atom is 0.255 e. The number of anilines is 2. The number of benzene rings is 1. The molecule has 0 unspecified atom stereocenters. The van der Waals surface area contributed by atoms with E-state index in [2.05, 4.69) is 10.3 Å². The minimum absolute atomic E-state index is 0.108. The molecule has 0 saturated heterocycles. The Bertz CT molecular complexity index is 781. The van der Waals surface area contributed by atoms with Crippen LogP contribution in [0.15, 0.2) is 48.0 Å². The van der Waals surface area contributed by atoms with Crippen molar-refractivity contribution in [3.05, 3.63) is 53.5 Å². The van der Waals surface area contributed by atoms with E-state index >= 15 is 0 Å². The van der Waals surface area contributed by atoms with E-state index in [1.165, 1.54) is 11.3 Å². The van der Waals surface area contributed by atoms with Crippen LogP contribution in [0.3, 0.4) is 0 Å². The largest absolute Gasteiger partial charge is 0.377 e. The highest BCUT2D eigenvalue weighted by atomic mass is 32.1. The zero-order valence-corrected chi connectivity index (χ0v) is 12.6. The first-order valence-corrected chi connectivity index (χ1v) is 7.44. The first kappa shape index (κ1) is 13.6. The van der Waals surface area contributed by atoms with Crippen molar-refractivity contribution in [1.29, 1.82) is 0 Å². The van der Waals surface area contributed by atoms with Crippen LogP contribution in [-0.2, 0) is 0 Å². The summed E-state index contributed by atoms with van der Waals surface area (Å²) in [5.41, 5.74) is 2.50. The molecule has 4 nitrogen and oxygen atoms in total. The lowest BCUT2D eigenvalue weighted by atomic mass is 10.2. The van der Waals surface area contributed by atoms with E-state index in [1.807, 2.05) is 48.6 Å². The third-order valence-corrected chi connectivity index (χ3v) is 4.10. The zero-order valence-electron chi connectivity index (χ0n) is 11.8. The molecule has 0 aliphatic heterocycles. The molecule has 0 spiro atoms. The zero-order chi connectivity index (χ0) is 14.8. The smallest absolute Gasteiger partial charge is 0.255 e. The SMILES string of the molecule is CN(C)c1ccnc2scc(NC(=O)c3ccccc3)c12. The number of rotatable bonds is 3. The van der Waals surface area contributed by atoms with Crippen molar-refractivity contribution in [3.8, 4) is 0 Å². The van der Waals surface area contributed by atoms with Gasteiger partial charge >= 0.3 is 0 Å². The summed E-state index contributed by atoms with van der Waals surface area (Å²) in [7, 11) is 3.96. The number of carbonyl (C=O) groups is 1. The molecule has 0 radical (unpaired) electrons. The van der Waals surface area contributed by atoms with Crippen molar-refractivity contribution < 1.29 is 4.79 Å². The molecule has 2 aromatic heterocycles. The summed E-state index contributed by atoms with van der Waals surface area (Å²) in [6.07, 6.45) is 1.79. The van der Waals surface area contributed by atoms with Gasteiger partial charge in [0.05, 0.1) is 16.8 Å². The molecular formula is C16H15N3OS. The number of nitrogens with one attached hydrogen (secondary N) is 1. The Morgan fingerprint density at radius 2 is 1.95 bits per heavy atom. The average molecular weight is 297 g/mol. The van der Waals surface area contributed by atoms with Crippen LogP contribution in [0.4, 0.5) is 11.4 Å². The number of fused-ring (bicyclic) bond motifs is 1. The molecule has 0 atom stereocenters. The Labute approximate surface area is 127 Å². The highest BCUT2D eigenvalue weighted by Gasteiger charge is 2.14. The second-order valence-electron chi connectivity index (χ2n) is 4.87. The highest BCUT2D eigenvalue weighted by molar-refractivity contribution is 7.17. The van der Waals surface area contributed by atoms with E-state index < -0.39 is 0 Å². The Morgan fingerprint density at radius 1 is 1.19 bits per heavy atom. The summed E-state index contributed by atoms with van der Waals surface area (Å²) >= 11 is 1.53. The quantitative estimate of drug-likeness (QED) is 0.803. The summed E-state index contributed by atoms with van der Waals surface area (Å²) in [6.45, 7) is 0. The predicted molar refractivity (Wildman–Crippen MR) is 88.3 cm³/mol. The molecule has 3 rings (SSSR count). The molecule has 106 valence electrons. The Hall–Kier alpha value is -2.40. The van der Waals surface area contributed by atoms with Crippen LogP contribution < -0.4 is 10.2 Å². The fourth-order valence-electron chi connectivity index (χ4n) is 2.20. The third-order valence-electron chi connectivity index (χ3n) is 3.22. The van der Waals surface area contributed by atoms with Gasteiger partial charge in [0.25, 0.3) is 5.91 Å². The molecule has 21 heavy (non-hydrogen) atoms. The number of carbonyl (C=O) groups excluding carboxylic acids is 1. The van der Waals surface area contributed by atoms with Gasteiger partial charge in [0, 0.05) is 31.2 Å². The van der Waals surface area contributed by atoms with Gasteiger partial charge in [0.1, 0.15) is 4.83 Å². The molecule has 1 N–H and O–H groups in total. The summed E-state index contributed by atoms with van der Waals surface area (Å²) in [5.74, 6) is -0.108. The molecule has 1 aromatic carbocycles. The number of pyridine rings is 1. The molecule has 3 aromatic rings. The molecule has 0 aliphatic rings. The van der Waals surface area contributed by atoms with Gasteiger partial charge in [0.15, 0.2) is 0 Å². The summed E-state index contributed by atoms with van der Waals surface area (Å²) in [5, 5.41) is 5.90. The monoisotopic (exact) mass is 297 g/mol. The van der Waals surface area contributed by atoms with Crippen LogP contribution in [0.5, 0.6) is 0 Å². The maximum atomic E-state index is 12.3. The van der Waals surface area contributed by atoms with Gasteiger partial charge in [-0.05, 0) is 18.2 Å². The third kappa shape index (κ3) is 2.60. The van der Waals surface area contributed by atoms with Crippen molar-refractivity contribution in [3.63, 3.8) is 0 Å². The molecule has 0 saturated carbocycles. The first-order valence-electron chi connectivity index (χ1n) is 6.57. The fourth-order valence-corrected chi connectivity index (χ4v) is 3.06. The van der Waals surface area contributed by atoms with Crippen LogP contribution in [0.2, 0.25) is 0 Å². The molecule has 0 fully saturated rings. The molecule has 5 heteroatoms. The number of hydrogen-bond donors (Lipinski definition) is 1. The molecule has 2 heterocycles. The van der Waals surface area contributed by atoms with Crippen molar-refractivity contribution >= 4 is 38.8 Å². The van der Waals surface area contributed by atoms with Crippen molar-refractivity contribution in [2.75, 3.05) is 24.3 Å². The van der Waals surface area contributed by atoms with Crippen molar-refractivity contribution in [1.82, 2.24) is 4.98 Å². The van der Waals surface area contributed by atoms with E-state index in [0.29, 0.717) is 5.56 Å². The fraction of sp³-hybridized carbons (Fsp3) is 0.125. The average Bonchev–Trinajstić information content (AvgIpc) is 2.91. The lowest BCUT2D eigenvalue weighted by molar-refractivity contribution is 0.102. The van der Waals surface area contributed by atoms with Gasteiger partial charge in [0.2, 0.25) is 0 Å². The maximum absolute atomic E-state index is 12.3. The number of thiophene rings is 1. The molecule has 0 aliphatic carbocycles. The van der Waals surface area contributed by atoms with Gasteiger partial charge in [-0.15, -0.1) is 11.3 Å². The normalized spacial score (nSPS) is 10.6. The second kappa shape index (κ2) is 5.54. The van der Waals surface area contributed by atoms with E-state index in [-0.39, 0.29) is 5.91 Å². The topological polar surface area (TPSA) is 45.2 Å². The van der Waals surface area contributed by atoms with Crippen LogP contribution in [0.25, 0.3) is 10.2 Å². The van der Waals surface area contributed by atoms with Crippen LogP contribution in [-0.4, -0.2) is 25.0 Å². The van der Waals surface area contributed by atoms with Gasteiger partial charge in [-0.2, -0.15) is 0 Å². The van der Waals surface area contributed by atoms with E-state index in [4.69, 9.17) is 0 Å². The van der Waals surface area contributed by atoms with E-state index in [1.54, 1.807) is 18.3 Å². The van der Waals surface area contributed by atoms with Crippen LogP contribution in [0, 0.1) is 0 Å². The number of amides is 1. The predicted octanol–water partition coefficient (Wildman–Crippen LogP) is 3.61. The lowest BCUT2D eigenvalue weighted by Gasteiger charge is -2.14. The molecule has 0 bridgehead atoms.